The molecule has 11 atom stereocenters. The highest BCUT2D eigenvalue weighted by Crippen LogP contribution is 2.75. The average molecular weight is 785 g/mol. The van der Waals surface area contributed by atoms with Gasteiger partial charge in [0.1, 0.15) is 0 Å². The molecule has 0 saturated heterocycles. The molecule has 5 aliphatic carbocycles. The van der Waals surface area contributed by atoms with Crippen LogP contribution in [0.5, 0.6) is 0 Å². The van der Waals surface area contributed by atoms with Crippen LogP contribution in [0.15, 0.2) is 84.6 Å². The van der Waals surface area contributed by atoms with Crippen molar-refractivity contribution < 1.29 is 24.9 Å². The lowest BCUT2D eigenvalue weighted by Gasteiger charge is -2.71. The number of aliphatic carboxylic acids is 2. The molecule has 0 unspecified atom stereocenters. The van der Waals surface area contributed by atoms with Crippen molar-refractivity contribution in [1.82, 2.24) is 0 Å². The van der Waals surface area contributed by atoms with Gasteiger partial charge in [0.25, 0.3) is 0 Å². The van der Waals surface area contributed by atoms with E-state index in [1.165, 1.54) is 25.7 Å². The maximum atomic E-state index is 12.5. The van der Waals surface area contributed by atoms with Gasteiger partial charge < -0.3 is 15.3 Å². The summed E-state index contributed by atoms with van der Waals surface area (Å²) in [6, 6.07) is 0. The Kier molecular flexibility index (Phi) is 16.7. The third kappa shape index (κ3) is 10.1. The second kappa shape index (κ2) is 20.4. The maximum absolute atomic E-state index is 12.5. The molecule has 57 heavy (non-hydrogen) atoms. The molecule has 0 spiro atoms. The average Bonchev–Trinajstić information content (AvgIpc) is 3.16. The minimum absolute atomic E-state index is 0.0311. The number of aliphatic hydroxyl groups excluding tert-OH is 1. The lowest BCUT2D eigenvalue weighted by molar-refractivity contribution is -0.217. The van der Waals surface area contributed by atoms with Gasteiger partial charge in [0.15, 0.2) is 0 Å². The van der Waals surface area contributed by atoms with Crippen molar-refractivity contribution in [2.75, 3.05) is 0 Å². The van der Waals surface area contributed by atoms with Gasteiger partial charge in [-0.15, -0.1) is 0 Å². The predicted molar refractivity (Wildman–Crippen MR) is 238 cm³/mol. The third-order valence-corrected chi connectivity index (χ3v) is 16.6. The summed E-state index contributed by atoms with van der Waals surface area (Å²) >= 11 is 0. The Labute approximate surface area is 347 Å². The van der Waals surface area contributed by atoms with Crippen molar-refractivity contribution in [2.45, 2.75) is 171 Å². The SMILES string of the molecule is CC/C=C\C/C=C\C/C=C\C/C=C\C/C=C\C/C=C\CCC(=O)O.C[C@H]1[C@H](C)CC[C@]2(C)CC[C@]3(C)C(=CC[C@@H]4[C@@]5(C)CC[C@@H](O)[C@](C)(C(=O)O)[C@@H]5CC[C@]43C)[C@H]12. The van der Waals surface area contributed by atoms with Gasteiger partial charge in [-0.25, -0.2) is 0 Å². The van der Waals surface area contributed by atoms with Crippen LogP contribution in [0.25, 0.3) is 0 Å². The summed E-state index contributed by atoms with van der Waals surface area (Å²) in [6.07, 6.45) is 44.4. The topological polar surface area (TPSA) is 94.8 Å². The van der Waals surface area contributed by atoms with Crippen LogP contribution in [0.3, 0.4) is 0 Å². The summed E-state index contributed by atoms with van der Waals surface area (Å²) < 4.78 is 0. The van der Waals surface area contributed by atoms with Gasteiger partial charge in [0, 0.05) is 6.42 Å². The zero-order chi connectivity index (χ0) is 41.9. The summed E-state index contributed by atoms with van der Waals surface area (Å²) in [5.41, 5.74) is 1.56. The highest BCUT2D eigenvalue weighted by Gasteiger charge is 2.69. The molecule has 5 nitrogen and oxygen atoms in total. The molecule has 5 heteroatoms. The van der Waals surface area contributed by atoms with E-state index >= 15 is 0 Å². The Morgan fingerprint density at radius 3 is 1.75 bits per heavy atom. The van der Waals surface area contributed by atoms with E-state index in [1.807, 2.05) is 19.1 Å². The molecule has 5 aliphatic rings. The summed E-state index contributed by atoms with van der Waals surface area (Å²) in [7, 11) is 0. The molecule has 0 bridgehead atoms. The summed E-state index contributed by atoms with van der Waals surface area (Å²) in [5.74, 6) is 1.22. The lowest BCUT2D eigenvalue weighted by Crippen LogP contribution is -2.66. The smallest absolute Gasteiger partial charge is 0.312 e. The first-order valence-corrected chi connectivity index (χ1v) is 22.8. The van der Waals surface area contributed by atoms with E-state index in [9.17, 15) is 19.8 Å². The minimum Gasteiger partial charge on any atom is -0.481 e. The fourth-order valence-corrected chi connectivity index (χ4v) is 12.7. The lowest BCUT2D eigenvalue weighted by atomic mass is 9.33. The predicted octanol–water partition coefficient (Wildman–Crippen LogP) is 13.6. The van der Waals surface area contributed by atoms with E-state index in [2.05, 4.69) is 115 Å². The Morgan fingerprint density at radius 2 is 1.23 bits per heavy atom. The molecule has 0 heterocycles. The first-order valence-electron chi connectivity index (χ1n) is 22.8. The number of carboxylic acid groups (broad SMARTS) is 2. The first kappa shape index (κ1) is 46.8. The Bertz CT molecular complexity index is 1560. The van der Waals surface area contributed by atoms with Crippen molar-refractivity contribution in [1.29, 1.82) is 0 Å². The normalized spacial score (nSPS) is 39.2. The molecule has 4 saturated carbocycles. The third-order valence-electron chi connectivity index (χ3n) is 16.6. The standard InChI is InChI=1S/C30H48O3.C22H32O2/c1-18-10-13-26(3)16-17-28(5)20(24(26)19(18)2)8-9-21-27(4)14-12-23(31)30(7,25(32)33)22(27)11-15-29(21,28)6;1-2-3-4-5-6-7-8-9-10-11-12-13-14-15-16-17-18-19-20-21-22(23)24/h8,18-19,21-24,31H,9-17H2,1-7H3,(H,32,33);3-4,6-7,9-10,12-13,15-16,18-19H,2,5,8,11,14,17,20-21H2,1H3,(H,23,24)/b;4-3-,7-6-,10-9-,13-12-,16-15-,19-18-/t18-,19+,21-,22-,23-,24+,26-,27-,28-,29-,30-;/m1./s1. The quantitative estimate of drug-likeness (QED) is 0.144. The zero-order valence-corrected chi connectivity index (χ0v) is 37.1. The van der Waals surface area contributed by atoms with Crippen molar-refractivity contribution >= 4 is 11.9 Å². The fraction of sp³-hybridized carbons (Fsp3) is 0.692. The number of allylic oxidation sites excluding steroid dienone is 14. The van der Waals surface area contributed by atoms with E-state index in [1.54, 1.807) is 5.57 Å². The monoisotopic (exact) mass is 785 g/mol. The fourth-order valence-electron chi connectivity index (χ4n) is 12.7. The van der Waals surface area contributed by atoms with Crippen LogP contribution < -0.4 is 0 Å². The Morgan fingerprint density at radius 1 is 0.684 bits per heavy atom. The molecule has 5 rings (SSSR count). The van der Waals surface area contributed by atoms with Crippen molar-refractivity contribution in [3.05, 3.63) is 84.6 Å². The molecule has 4 fully saturated rings. The van der Waals surface area contributed by atoms with Crippen molar-refractivity contribution in [2.24, 2.45) is 56.7 Å². The number of hydrogen-bond acceptors (Lipinski definition) is 3. The van der Waals surface area contributed by atoms with Gasteiger partial charge in [-0.05, 0) is 161 Å². The Balaban J connectivity index is 0.000000269. The summed E-state index contributed by atoms with van der Waals surface area (Å²) in [4.78, 5) is 22.8. The molecule has 0 aliphatic heterocycles. The largest absolute Gasteiger partial charge is 0.481 e. The molecule has 0 amide bonds. The minimum atomic E-state index is -1.03. The van der Waals surface area contributed by atoms with Crippen LogP contribution in [0.4, 0.5) is 0 Å². The van der Waals surface area contributed by atoms with Crippen LogP contribution in [-0.2, 0) is 9.59 Å². The van der Waals surface area contributed by atoms with E-state index in [0.717, 1.165) is 76.0 Å². The van der Waals surface area contributed by atoms with E-state index < -0.39 is 23.5 Å². The van der Waals surface area contributed by atoms with Gasteiger partial charge in [0.2, 0.25) is 0 Å². The van der Waals surface area contributed by atoms with Crippen LogP contribution in [0, 0.1) is 56.7 Å². The summed E-state index contributed by atoms with van der Waals surface area (Å²) in [5, 5.41) is 29.6. The van der Waals surface area contributed by atoms with Gasteiger partial charge in [-0.2, -0.15) is 0 Å². The van der Waals surface area contributed by atoms with E-state index in [-0.39, 0.29) is 28.6 Å². The van der Waals surface area contributed by atoms with Gasteiger partial charge >= 0.3 is 11.9 Å². The molecule has 0 radical (unpaired) electrons. The number of hydrogen-bond donors (Lipinski definition) is 3. The molecular formula is C52H80O5. The molecule has 3 N–H and O–H groups in total. The van der Waals surface area contributed by atoms with Crippen LogP contribution in [0.2, 0.25) is 0 Å². The van der Waals surface area contributed by atoms with Crippen LogP contribution in [-0.4, -0.2) is 33.4 Å². The highest BCUT2D eigenvalue weighted by molar-refractivity contribution is 5.76. The van der Waals surface area contributed by atoms with Gasteiger partial charge in [-0.1, -0.05) is 133 Å². The van der Waals surface area contributed by atoms with Gasteiger partial charge in [-0.3, -0.25) is 9.59 Å². The number of rotatable bonds is 15. The van der Waals surface area contributed by atoms with Gasteiger partial charge in [0.05, 0.1) is 11.5 Å². The second-order valence-corrected chi connectivity index (χ2v) is 19.8. The number of carboxylic acids is 2. The molecule has 0 aromatic heterocycles. The van der Waals surface area contributed by atoms with Crippen LogP contribution >= 0.6 is 0 Å². The first-order chi connectivity index (χ1) is 27.0. The second-order valence-electron chi connectivity index (χ2n) is 19.8. The van der Waals surface area contributed by atoms with Crippen molar-refractivity contribution in [3.8, 4) is 0 Å². The molecule has 318 valence electrons. The van der Waals surface area contributed by atoms with E-state index in [4.69, 9.17) is 5.11 Å². The van der Waals surface area contributed by atoms with Crippen molar-refractivity contribution in [3.63, 3.8) is 0 Å². The van der Waals surface area contributed by atoms with Crippen LogP contribution in [0.1, 0.15) is 165 Å². The number of carbonyl (C=O) groups is 2. The molecule has 0 aromatic rings. The zero-order valence-electron chi connectivity index (χ0n) is 37.1. The highest BCUT2D eigenvalue weighted by atomic mass is 16.4. The summed E-state index contributed by atoms with van der Waals surface area (Å²) in [6.45, 7) is 19.1. The maximum Gasteiger partial charge on any atom is 0.312 e. The number of fused-ring (bicyclic) bond motifs is 7. The Hall–Kier alpha value is -2.92. The molecule has 0 aromatic carbocycles. The number of aliphatic hydroxyl groups is 1. The van der Waals surface area contributed by atoms with E-state index in [0.29, 0.717) is 30.1 Å². The molecular weight excluding hydrogens is 705 g/mol.